The number of amides is 1. The van der Waals surface area contributed by atoms with Gasteiger partial charge in [0, 0.05) is 65.4 Å². The van der Waals surface area contributed by atoms with E-state index in [1.807, 2.05) is 4.90 Å². The van der Waals surface area contributed by atoms with Crippen LogP contribution in [0.3, 0.4) is 0 Å². The van der Waals surface area contributed by atoms with Crippen molar-refractivity contribution in [3.05, 3.63) is 0 Å². The first-order valence-electron chi connectivity index (χ1n) is 8.97. The van der Waals surface area contributed by atoms with E-state index in [1.54, 1.807) is 6.92 Å². The predicted molar refractivity (Wildman–Crippen MR) is 86.8 cm³/mol. The van der Waals surface area contributed by atoms with E-state index in [0.717, 1.165) is 45.8 Å². The third-order valence-electron chi connectivity index (χ3n) is 5.58. The number of carbonyl (C=O) groups excluding carboxylic acids is 1. The summed E-state index contributed by atoms with van der Waals surface area (Å²) in [5, 5.41) is 0. The van der Waals surface area contributed by atoms with Crippen molar-refractivity contribution in [1.82, 2.24) is 14.7 Å². The zero-order valence-corrected chi connectivity index (χ0v) is 14.2. The lowest BCUT2D eigenvalue weighted by Gasteiger charge is -2.30. The fraction of sp³-hybridized carbons (Fsp3) is 0.941. The molecule has 3 aliphatic rings. The maximum absolute atomic E-state index is 11.6. The molecule has 126 valence electrons. The number of hydrogen-bond acceptors (Lipinski definition) is 4. The van der Waals surface area contributed by atoms with Crippen molar-refractivity contribution >= 4 is 5.91 Å². The molecule has 0 aromatic carbocycles. The molecule has 3 aliphatic heterocycles. The Morgan fingerprint density at radius 1 is 1.14 bits per heavy atom. The number of hydrogen-bond donors (Lipinski definition) is 0. The summed E-state index contributed by atoms with van der Waals surface area (Å²) in [5.74, 6) is 0.937. The lowest BCUT2D eigenvalue weighted by atomic mass is 10.0. The van der Waals surface area contributed by atoms with Crippen LogP contribution in [0, 0.1) is 5.92 Å². The summed E-state index contributed by atoms with van der Waals surface area (Å²) in [6, 6.07) is 0.647. The highest BCUT2D eigenvalue weighted by atomic mass is 16.5. The maximum Gasteiger partial charge on any atom is 0.219 e. The van der Waals surface area contributed by atoms with Gasteiger partial charge in [-0.15, -0.1) is 0 Å². The Balaban J connectivity index is 1.52. The van der Waals surface area contributed by atoms with E-state index in [2.05, 4.69) is 16.7 Å². The first-order valence-corrected chi connectivity index (χ1v) is 8.97. The molecule has 3 atom stereocenters. The minimum Gasteiger partial charge on any atom is -0.377 e. The van der Waals surface area contributed by atoms with Gasteiger partial charge in [-0.3, -0.25) is 14.6 Å². The zero-order chi connectivity index (χ0) is 15.5. The van der Waals surface area contributed by atoms with Gasteiger partial charge in [-0.1, -0.05) is 6.92 Å². The predicted octanol–water partition coefficient (Wildman–Crippen LogP) is 1.04. The van der Waals surface area contributed by atoms with Crippen LogP contribution >= 0.6 is 0 Å². The van der Waals surface area contributed by atoms with Crippen molar-refractivity contribution in [3.8, 4) is 0 Å². The summed E-state index contributed by atoms with van der Waals surface area (Å²) in [7, 11) is 0. The molecular weight excluding hydrogens is 278 g/mol. The van der Waals surface area contributed by atoms with Crippen molar-refractivity contribution in [3.63, 3.8) is 0 Å². The molecule has 0 N–H and O–H groups in total. The quantitative estimate of drug-likeness (QED) is 0.780. The Morgan fingerprint density at radius 3 is 2.73 bits per heavy atom. The molecule has 0 saturated carbocycles. The van der Waals surface area contributed by atoms with E-state index in [-0.39, 0.29) is 5.91 Å². The Kier molecular flexibility index (Phi) is 5.37. The van der Waals surface area contributed by atoms with Gasteiger partial charge in [0.25, 0.3) is 0 Å². The van der Waals surface area contributed by atoms with Crippen molar-refractivity contribution < 1.29 is 9.53 Å². The van der Waals surface area contributed by atoms with E-state index in [9.17, 15) is 4.79 Å². The molecule has 3 heterocycles. The molecule has 3 rings (SSSR count). The number of rotatable bonds is 3. The molecule has 0 radical (unpaired) electrons. The highest BCUT2D eigenvalue weighted by Gasteiger charge is 2.35. The number of likely N-dealkylation sites (tertiary alicyclic amines) is 1. The Hall–Kier alpha value is -0.650. The van der Waals surface area contributed by atoms with Crippen molar-refractivity contribution in [2.75, 3.05) is 52.4 Å². The standard InChI is InChI=1S/C17H31N3O2/c1-14-11-18(12-16-5-3-10-22-16)13-17(14)20-7-4-6-19(8-9-20)15(2)21/h14,16-17H,3-13H2,1-2H3/t14-,16+,17-/m1/s1. The normalized spacial score (nSPS) is 35.0. The zero-order valence-electron chi connectivity index (χ0n) is 14.2. The highest BCUT2D eigenvalue weighted by Crippen LogP contribution is 2.25. The Labute approximate surface area is 134 Å². The van der Waals surface area contributed by atoms with Crippen molar-refractivity contribution in [2.45, 2.75) is 45.3 Å². The molecule has 0 aromatic rings. The van der Waals surface area contributed by atoms with E-state index in [1.165, 1.54) is 25.9 Å². The fourth-order valence-corrected chi connectivity index (χ4v) is 4.33. The van der Waals surface area contributed by atoms with Crippen LogP contribution in [0.4, 0.5) is 0 Å². The maximum atomic E-state index is 11.6. The average Bonchev–Trinajstić information content (AvgIpc) is 3.03. The van der Waals surface area contributed by atoms with Gasteiger partial charge in [0.15, 0.2) is 0 Å². The second-order valence-corrected chi connectivity index (χ2v) is 7.29. The summed E-state index contributed by atoms with van der Waals surface area (Å²) in [5.41, 5.74) is 0. The molecule has 22 heavy (non-hydrogen) atoms. The highest BCUT2D eigenvalue weighted by molar-refractivity contribution is 5.73. The molecule has 3 fully saturated rings. The molecule has 0 aliphatic carbocycles. The molecular formula is C17H31N3O2. The van der Waals surface area contributed by atoms with Gasteiger partial charge in [0.2, 0.25) is 5.91 Å². The van der Waals surface area contributed by atoms with Gasteiger partial charge in [-0.25, -0.2) is 0 Å². The second-order valence-electron chi connectivity index (χ2n) is 7.29. The minimum absolute atomic E-state index is 0.223. The molecule has 5 heteroatoms. The Morgan fingerprint density at radius 2 is 2.00 bits per heavy atom. The molecule has 1 amide bonds. The number of ether oxygens (including phenoxy) is 1. The van der Waals surface area contributed by atoms with E-state index in [0.29, 0.717) is 18.1 Å². The first kappa shape index (κ1) is 16.2. The van der Waals surface area contributed by atoms with Gasteiger partial charge < -0.3 is 9.64 Å². The van der Waals surface area contributed by atoms with Crippen LogP contribution in [0.25, 0.3) is 0 Å². The van der Waals surface area contributed by atoms with Gasteiger partial charge >= 0.3 is 0 Å². The van der Waals surface area contributed by atoms with Gasteiger partial charge in [0.1, 0.15) is 0 Å². The number of nitrogens with zero attached hydrogens (tertiary/aromatic N) is 3. The third-order valence-corrected chi connectivity index (χ3v) is 5.58. The third kappa shape index (κ3) is 3.81. The van der Waals surface area contributed by atoms with Crippen LogP contribution in [0.15, 0.2) is 0 Å². The van der Waals surface area contributed by atoms with Crippen LogP contribution in [-0.2, 0) is 9.53 Å². The summed E-state index contributed by atoms with van der Waals surface area (Å²) in [6.45, 7) is 12.5. The van der Waals surface area contributed by atoms with Crippen LogP contribution < -0.4 is 0 Å². The average molecular weight is 309 g/mol. The van der Waals surface area contributed by atoms with Crippen LogP contribution in [0.2, 0.25) is 0 Å². The van der Waals surface area contributed by atoms with E-state index < -0.39 is 0 Å². The van der Waals surface area contributed by atoms with E-state index in [4.69, 9.17) is 4.74 Å². The number of carbonyl (C=O) groups is 1. The first-order chi connectivity index (χ1) is 10.6. The molecule has 0 spiro atoms. The summed E-state index contributed by atoms with van der Waals surface area (Å²) < 4.78 is 5.79. The van der Waals surface area contributed by atoms with Gasteiger partial charge in [-0.05, 0) is 25.2 Å². The van der Waals surface area contributed by atoms with Crippen LogP contribution in [0.5, 0.6) is 0 Å². The van der Waals surface area contributed by atoms with Crippen molar-refractivity contribution in [1.29, 1.82) is 0 Å². The van der Waals surface area contributed by atoms with Gasteiger partial charge in [-0.2, -0.15) is 0 Å². The summed E-state index contributed by atoms with van der Waals surface area (Å²) in [4.78, 5) is 18.8. The molecule has 0 bridgehead atoms. The fourth-order valence-electron chi connectivity index (χ4n) is 4.33. The minimum atomic E-state index is 0.223. The molecule has 5 nitrogen and oxygen atoms in total. The summed E-state index contributed by atoms with van der Waals surface area (Å²) in [6.07, 6.45) is 4.02. The smallest absolute Gasteiger partial charge is 0.219 e. The molecule has 0 aromatic heterocycles. The Bertz CT molecular complexity index is 384. The molecule has 0 unspecified atom stereocenters. The van der Waals surface area contributed by atoms with E-state index >= 15 is 0 Å². The topological polar surface area (TPSA) is 36.0 Å². The lowest BCUT2D eigenvalue weighted by molar-refractivity contribution is -0.128. The SMILES string of the molecule is CC(=O)N1CCCN([C@@H]2CN(C[C@@H]3CCCO3)C[C@H]2C)CC1. The molecule has 3 saturated heterocycles. The largest absolute Gasteiger partial charge is 0.377 e. The van der Waals surface area contributed by atoms with Crippen LogP contribution in [-0.4, -0.2) is 85.2 Å². The van der Waals surface area contributed by atoms with Gasteiger partial charge in [0.05, 0.1) is 6.10 Å². The van der Waals surface area contributed by atoms with Crippen molar-refractivity contribution in [2.24, 2.45) is 5.92 Å². The summed E-state index contributed by atoms with van der Waals surface area (Å²) >= 11 is 0. The lowest BCUT2D eigenvalue weighted by Crippen LogP contribution is -2.43. The second kappa shape index (κ2) is 7.28. The van der Waals surface area contributed by atoms with Crippen LogP contribution in [0.1, 0.15) is 33.1 Å². The monoisotopic (exact) mass is 309 g/mol.